The minimum atomic E-state index is 0.623. The second-order valence-corrected chi connectivity index (χ2v) is 10.2. The SMILES string of the molecule is CC(C)c1cc(Cc2cc(C(C)C)c(C(C)C)s2)sc1C(C)C. The van der Waals surface area contributed by atoms with E-state index in [1.54, 1.807) is 20.9 Å². The van der Waals surface area contributed by atoms with Crippen LogP contribution in [0.15, 0.2) is 12.1 Å². The molecule has 0 atom stereocenters. The third kappa shape index (κ3) is 4.28. The van der Waals surface area contributed by atoms with Crippen molar-refractivity contribution in [1.29, 1.82) is 0 Å². The van der Waals surface area contributed by atoms with Gasteiger partial charge in [0.2, 0.25) is 0 Å². The van der Waals surface area contributed by atoms with E-state index in [-0.39, 0.29) is 0 Å². The van der Waals surface area contributed by atoms with E-state index >= 15 is 0 Å². The monoisotopic (exact) mass is 348 g/mol. The van der Waals surface area contributed by atoms with E-state index < -0.39 is 0 Å². The Labute approximate surface area is 151 Å². The lowest BCUT2D eigenvalue weighted by molar-refractivity contribution is 0.809. The van der Waals surface area contributed by atoms with Gasteiger partial charge in [0.05, 0.1) is 0 Å². The van der Waals surface area contributed by atoms with E-state index in [9.17, 15) is 0 Å². The molecule has 0 fully saturated rings. The van der Waals surface area contributed by atoms with Gasteiger partial charge in [0.15, 0.2) is 0 Å². The maximum atomic E-state index is 2.47. The molecule has 2 aromatic heterocycles. The van der Waals surface area contributed by atoms with Crippen LogP contribution in [0.1, 0.15) is 110 Å². The molecule has 0 aliphatic heterocycles. The van der Waals surface area contributed by atoms with Crippen LogP contribution in [0, 0.1) is 0 Å². The van der Waals surface area contributed by atoms with Crippen LogP contribution in [0.5, 0.6) is 0 Å². The molecule has 0 nitrogen and oxygen atoms in total. The molecule has 2 aromatic rings. The summed E-state index contributed by atoms with van der Waals surface area (Å²) in [6.07, 6.45) is 1.11. The van der Waals surface area contributed by atoms with Gasteiger partial charge in [-0.05, 0) is 46.9 Å². The largest absolute Gasteiger partial charge is 0.144 e. The summed E-state index contributed by atoms with van der Waals surface area (Å²) in [5, 5.41) is 0. The van der Waals surface area contributed by atoms with Gasteiger partial charge in [-0.3, -0.25) is 0 Å². The molecule has 0 N–H and O–H groups in total. The Morgan fingerprint density at radius 2 is 0.957 bits per heavy atom. The molecule has 128 valence electrons. The van der Waals surface area contributed by atoms with Crippen molar-refractivity contribution < 1.29 is 0 Å². The van der Waals surface area contributed by atoms with Crippen LogP contribution in [0.25, 0.3) is 0 Å². The Balaban J connectivity index is 2.32. The molecule has 0 unspecified atom stereocenters. The third-order valence-corrected chi connectivity index (χ3v) is 7.23. The number of hydrogen-bond donors (Lipinski definition) is 0. The summed E-state index contributed by atoms with van der Waals surface area (Å²) >= 11 is 4.06. The minimum absolute atomic E-state index is 0.623. The summed E-state index contributed by atoms with van der Waals surface area (Å²) in [5.41, 5.74) is 3.12. The third-order valence-electron chi connectivity index (χ3n) is 4.33. The fraction of sp³-hybridized carbons (Fsp3) is 0.619. The van der Waals surface area contributed by atoms with E-state index in [0.717, 1.165) is 6.42 Å². The zero-order valence-corrected chi connectivity index (χ0v) is 17.6. The first kappa shape index (κ1) is 18.7. The summed E-state index contributed by atoms with van der Waals surface area (Å²) in [6, 6.07) is 4.93. The van der Waals surface area contributed by atoms with Crippen LogP contribution >= 0.6 is 22.7 Å². The molecule has 0 amide bonds. The number of rotatable bonds is 6. The molecule has 0 radical (unpaired) electrons. The van der Waals surface area contributed by atoms with Crippen LogP contribution in [0.3, 0.4) is 0 Å². The molecule has 0 aliphatic rings. The minimum Gasteiger partial charge on any atom is -0.144 e. The molecule has 23 heavy (non-hydrogen) atoms. The molecule has 0 saturated heterocycles. The van der Waals surface area contributed by atoms with Crippen LogP contribution in [0.4, 0.5) is 0 Å². The Morgan fingerprint density at radius 3 is 1.17 bits per heavy atom. The first-order valence-corrected chi connectivity index (χ1v) is 10.6. The molecule has 0 bridgehead atoms. The second-order valence-electron chi connectivity index (χ2n) is 7.86. The molecule has 0 saturated carbocycles. The van der Waals surface area contributed by atoms with Gasteiger partial charge >= 0.3 is 0 Å². The average Bonchev–Trinajstić information content (AvgIpc) is 3.03. The van der Waals surface area contributed by atoms with Crippen molar-refractivity contribution in [3.63, 3.8) is 0 Å². The lowest BCUT2D eigenvalue weighted by Gasteiger charge is -2.08. The lowest BCUT2D eigenvalue weighted by atomic mass is 9.98. The number of hydrogen-bond acceptors (Lipinski definition) is 2. The standard InChI is InChI=1S/C21H32S2/c1-12(2)18-10-16(22-20(18)14(5)6)9-17-11-19(13(3)4)21(23-17)15(7)8/h10-15H,9H2,1-8H3. The first-order chi connectivity index (χ1) is 10.7. The maximum absolute atomic E-state index is 2.47. The Bertz CT molecular complexity index is 532. The molecular formula is C21H32S2. The fourth-order valence-electron chi connectivity index (χ4n) is 3.10. The Kier molecular flexibility index (Phi) is 6.13. The molecule has 0 aliphatic carbocycles. The van der Waals surface area contributed by atoms with E-state index in [1.165, 1.54) is 9.75 Å². The molecule has 2 heterocycles. The number of thiophene rings is 2. The Morgan fingerprint density at radius 1 is 0.609 bits per heavy atom. The predicted molar refractivity (Wildman–Crippen MR) is 108 cm³/mol. The van der Waals surface area contributed by atoms with Crippen molar-refractivity contribution in [3.05, 3.63) is 42.8 Å². The van der Waals surface area contributed by atoms with Crippen LogP contribution in [0.2, 0.25) is 0 Å². The quantitative estimate of drug-likeness (QED) is 0.497. The predicted octanol–water partition coefficient (Wildman–Crippen LogP) is 7.89. The van der Waals surface area contributed by atoms with Gasteiger partial charge in [-0.2, -0.15) is 0 Å². The highest BCUT2D eigenvalue weighted by molar-refractivity contribution is 7.13. The van der Waals surface area contributed by atoms with Crippen molar-refractivity contribution in [3.8, 4) is 0 Å². The fourth-order valence-corrected chi connectivity index (χ4v) is 5.88. The molecule has 0 spiro atoms. The van der Waals surface area contributed by atoms with E-state index in [2.05, 4.69) is 67.5 Å². The van der Waals surface area contributed by atoms with Crippen LogP contribution in [-0.2, 0) is 6.42 Å². The van der Waals surface area contributed by atoms with Crippen molar-refractivity contribution in [2.24, 2.45) is 0 Å². The second kappa shape index (κ2) is 7.53. The molecular weight excluding hydrogens is 316 g/mol. The van der Waals surface area contributed by atoms with Crippen LogP contribution < -0.4 is 0 Å². The Hall–Kier alpha value is -0.600. The van der Waals surface area contributed by atoms with Gasteiger partial charge in [-0.1, -0.05) is 55.4 Å². The van der Waals surface area contributed by atoms with E-state index in [0.29, 0.717) is 23.7 Å². The highest BCUT2D eigenvalue weighted by Gasteiger charge is 2.18. The van der Waals surface area contributed by atoms with Crippen molar-refractivity contribution in [2.75, 3.05) is 0 Å². The zero-order chi connectivity index (χ0) is 17.3. The average molecular weight is 349 g/mol. The van der Waals surface area contributed by atoms with Crippen molar-refractivity contribution in [2.45, 2.75) is 85.5 Å². The van der Waals surface area contributed by atoms with Crippen molar-refractivity contribution in [1.82, 2.24) is 0 Å². The van der Waals surface area contributed by atoms with Gasteiger partial charge in [0.1, 0.15) is 0 Å². The van der Waals surface area contributed by atoms with Gasteiger partial charge in [-0.25, -0.2) is 0 Å². The summed E-state index contributed by atoms with van der Waals surface area (Å²) in [7, 11) is 0. The topological polar surface area (TPSA) is 0 Å². The summed E-state index contributed by atoms with van der Waals surface area (Å²) < 4.78 is 0. The highest BCUT2D eigenvalue weighted by Crippen LogP contribution is 2.38. The normalized spacial score (nSPS) is 12.3. The summed E-state index contributed by atoms with van der Waals surface area (Å²) in [4.78, 5) is 6.23. The lowest BCUT2D eigenvalue weighted by Crippen LogP contribution is -1.92. The van der Waals surface area contributed by atoms with Gasteiger partial charge in [0, 0.05) is 25.9 Å². The molecule has 2 heteroatoms. The van der Waals surface area contributed by atoms with Crippen LogP contribution in [-0.4, -0.2) is 0 Å². The summed E-state index contributed by atoms with van der Waals surface area (Å²) in [5.74, 6) is 2.51. The first-order valence-electron chi connectivity index (χ1n) is 8.95. The molecule has 0 aromatic carbocycles. The summed E-state index contributed by atoms with van der Waals surface area (Å²) in [6.45, 7) is 18.5. The molecule has 2 rings (SSSR count). The maximum Gasteiger partial charge on any atom is 0.0164 e. The van der Waals surface area contributed by atoms with E-state index in [4.69, 9.17) is 0 Å². The van der Waals surface area contributed by atoms with Gasteiger partial charge in [0.25, 0.3) is 0 Å². The van der Waals surface area contributed by atoms with E-state index in [1.807, 2.05) is 22.7 Å². The van der Waals surface area contributed by atoms with Gasteiger partial charge in [-0.15, -0.1) is 22.7 Å². The van der Waals surface area contributed by atoms with Gasteiger partial charge < -0.3 is 0 Å². The smallest absolute Gasteiger partial charge is 0.0164 e. The zero-order valence-electron chi connectivity index (χ0n) is 16.0. The van der Waals surface area contributed by atoms with Crippen molar-refractivity contribution >= 4 is 22.7 Å². The highest BCUT2D eigenvalue weighted by atomic mass is 32.1.